The van der Waals surface area contributed by atoms with E-state index in [1.807, 2.05) is 0 Å². The Hall–Kier alpha value is -1.39. The SMILES string of the molecule is NS(=O)(=O)NCc1ccc(C#CCO)cc1. The maximum Gasteiger partial charge on any atom is 0.274 e. The summed E-state index contributed by atoms with van der Waals surface area (Å²) in [5, 5.41) is 13.3. The maximum absolute atomic E-state index is 10.6. The van der Waals surface area contributed by atoms with Crippen LogP contribution in [0, 0.1) is 11.8 Å². The van der Waals surface area contributed by atoms with Crippen LogP contribution >= 0.6 is 0 Å². The van der Waals surface area contributed by atoms with Crippen LogP contribution in [-0.2, 0) is 16.8 Å². The minimum absolute atomic E-state index is 0.145. The zero-order valence-corrected chi connectivity index (χ0v) is 9.29. The van der Waals surface area contributed by atoms with E-state index in [0.29, 0.717) is 0 Å². The number of rotatable bonds is 3. The Balaban J connectivity index is 2.65. The van der Waals surface area contributed by atoms with Gasteiger partial charge < -0.3 is 5.11 Å². The molecule has 0 amide bonds. The van der Waals surface area contributed by atoms with E-state index in [1.54, 1.807) is 24.3 Å². The predicted molar refractivity (Wildman–Crippen MR) is 60.4 cm³/mol. The Labute approximate surface area is 94.5 Å². The van der Waals surface area contributed by atoms with E-state index in [9.17, 15) is 8.42 Å². The highest BCUT2D eigenvalue weighted by Gasteiger charge is 2.00. The highest BCUT2D eigenvalue weighted by molar-refractivity contribution is 7.87. The summed E-state index contributed by atoms with van der Waals surface area (Å²) in [7, 11) is -3.66. The molecular formula is C10H12N2O3S. The summed E-state index contributed by atoms with van der Waals surface area (Å²) >= 11 is 0. The molecule has 0 spiro atoms. The summed E-state index contributed by atoms with van der Waals surface area (Å²) in [4.78, 5) is 0. The van der Waals surface area contributed by atoms with Gasteiger partial charge in [-0.2, -0.15) is 13.1 Å². The molecular weight excluding hydrogens is 228 g/mol. The first kappa shape index (κ1) is 12.7. The molecule has 0 bridgehead atoms. The molecule has 1 aromatic rings. The van der Waals surface area contributed by atoms with Gasteiger partial charge in [-0.15, -0.1) is 0 Å². The van der Waals surface area contributed by atoms with E-state index in [4.69, 9.17) is 10.2 Å². The number of nitrogens with two attached hydrogens (primary N) is 1. The molecule has 0 radical (unpaired) electrons. The summed E-state index contributed by atoms with van der Waals surface area (Å²) in [6.07, 6.45) is 0. The van der Waals surface area contributed by atoms with Crippen molar-refractivity contribution in [3.8, 4) is 11.8 Å². The van der Waals surface area contributed by atoms with Crippen molar-refractivity contribution in [2.45, 2.75) is 6.54 Å². The largest absolute Gasteiger partial charge is 0.384 e. The van der Waals surface area contributed by atoms with Gasteiger partial charge in [0.05, 0.1) is 0 Å². The van der Waals surface area contributed by atoms with Crippen molar-refractivity contribution in [3.63, 3.8) is 0 Å². The second-order valence-corrected chi connectivity index (χ2v) is 4.40. The van der Waals surface area contributed by atoms with Crippen LogP contribution in [0.25, 0.3) is 0 Å². The van der Waals surface area contributed by atoms with E-state index >= 15 is 0 Å². The van der Waals surface area contributed by atoms with E-state index in [-0.39, 0.29) is 13.2 Å². The fourth-order valence-corrected chi connectivity index (χ4v) is 1.40. The highest BCUT2D eigenvalue weighted by Crippen LogP contribution is 2.03. The van der Waals surface area contributed by atoms with Crippen molar-refractivity contribution in [2.75, 3.05) is 6.61 Å². The molecule has 86 valence electrons. The Bertz CT molecular complexity index is 497. The molecule has 0 fully saturated rings. The van der Waals surface area contributed by atoms with Gasteiger partial charge in [-0.1, -0.05) is 24.0 Å². The monoisotopic (exact) mass is 240 g/mol. The first-order chi connectivity index (χ1) is 7.51. The first-order valence-corrected chi connectivity index (χ1v) is 6.02. The Kier molecular flexibility index (Phi) is 4.46. The van der Waals surface area contributed by atoms with Crippen molar-refractivity contribution in [3.05, 3.63) is 35.4 Å². The summed E-state index contributed by atoms with van der Waals surface area (Å²) in [5.41, 5.74) is 1.54. The molecule has 0 aliphatic rings. The minimum Gasteiger partial charge on any atom is -0.384 e. The van der Waals surface area contributed by atoms with Crippen molar-refractivity contribution in [1.29, 1.82) is 0 Å². The van der Waals surface area contributed by atoms with E-state index < -0.39 is 10.2 Å². The van der Waals surface area contributed by atoms with Crippen LogP contribution in [0.15, 0.2) is 24.3 Å². The lowest BCUT2D eigenvalue weighted by Crippen LogP contribution is -2.30. The lowest BCUT2D eigenvalue weighted by atomic mass is 10.1. The number of benzene rings is 1. The minimum atomic E-state index is -3.66. The summed E-state index contributed by atoms with van der Waals surface area (Å²) in [6, 6.07) is 6.95. The molecule has 1 rings (SSSR count). The number of nitrogens with one attached hydrogen (secondary N) is 1. The second-order valence-electron chi connectivity index (χ2n) is 3.02. The van der Waals surface area contributed by atoms with Crippen LogP contribution < -0.4 is 9.86 Å². The zero-order chi connectivity index (χ0) is 12.0. The van der Waals surface area contributed by atoms with Gasteiger partial charge in [0.25, 0.3) is 10.2 Å². The molecule has 5 nitrogen and oxygen atoms in total. The van der Waals surface area contributed by atoms with Gasteiger partial charge >= 0.3 is 0 Å². The molecule has 1 aromatic carbocycles. The highest BCUT2D eigenvalue weighted by atomic mass is 32.2. The second kappa shape index (κ2) is 5.63. The van der Waals surface area contributed by atoms with Gasteiger partial charge in [0.2, 0.25) is 0 Å². The van der Waals surface area contributed by atoms with E-state index in [0.717, 1.165) is 11.1 Å². The van der Waals surface area contributed by atoms with Crippen molar-refractivity contribution < 1.29 is 13.5 Å². The van der Waals surface area contributed by atoms with Crippen LogP contribution in [-0.4, -0.2) is 20.1 Å². The molecule has 0 heterocycles. The fourth-order valence-electron chi connectivity index (χ4n) is 1.03. The normalized spacial score (nSPS) is 10.6. The van der Waals surface area contributed by atoms with Gasteiger partial charge in [-0.05, 0) is 17.7 Å². The Morgan fingerprint density at radius 3 is 2.44 bits per heavy atom. The van der Waals surface area contributed by atoms with Crippen molar-refractivity contribution in [1.82, 2.24) is 4.72 Å². The molecule has 16 heavy (non-hydrogen) atoms. The Morgan fingerprint density at radius 2 is 1.94 bits per heavy atom. The van der Waals surface area contributed by atoms with E-state index in [1.165, 1.54) is 0 Å². The average molecular weight is 240 g/mol. The number of hydrogen-bond acceptors (Lipinski definition) is 3. The van der Waals surface area contributed by atoms with Crippen molar-refractivity contribution >= 4 is 10.2 Å². The predicted octanol–water partition coefficient (Wildman–Crippen LogP) is -0.676. The fraction of sp³-hybridized carbons (Fsp3) is 0.200. The molecule has 6 heteroatoms. The summed E-state index contributed by atoms with van der Waals surface area (Å²) < 4.78 is 23.4. The van der Waals surface area contributed by atoms with Crippen LogP contribution in [0.1, 0.15) is 11.1 Å². The number of aliphatic hydroxyl groups excluding tert-OH is 1. The number of hydrogen-bond donors (Lipinski definition) is 3. The molecule has 4 N–H and O–H groups in total. The van der Waals surface area contributed by atoms with Crippen LogP contribution in [0.3, 0.4) is 0 Å². The van der Waals surface area contributed by atoms with Gasteiger partial charge in [0.15, 0.2) is 0 Å². The first-order valence-electron chi connectivity index (χ1n) is 4.47. The topological polar surface area (TPSA) is 92.4 Å². The third kappa shape index (κ3) is 4.91. The molecule has 0 atom stereocenters. The van der Waals surface area contributed by atoms with Gasteiger partial charge in [-0.3, -0.25) is 0 Å². The average Bonchev–Trinajstić information content (AvgIpc) is 2.24. The molecule has 0 aliphatic heterocycles. The van der Waals surface area contributed by atoms with Crippen molar-refractivity contribution in [2.24, 2.45) is 5.14 Å². The zero-order valence-electron chi connectivity index (χ0n) is 8.47. The third-order valence-electron chi connectivity index (χ3n) is 1.74. The molecule has 0 unspecified atom stereocenters. The van der Waals surface area contributed by atoms with Gasteiger partial charge in [0, 0.05) is 12.1 Å². The molecule has 0 saturated heterocycles. The van der Waals surface area contributed by atoms with Crippen LogP contribution in [0.2, 0.25) is 0 Å². The van der Waals surface area contributed by atoms with Crippen LogP contribution in [0.4, 0.5) is 0 Å². The molecule has 0 aliphatic carbocycles. The van der Waals surface area contributed by atoms with Gasteiger partial charge in [0.1, 0.15) is 6.61 Å². The molecule has 0 saturated carbocycles. The van der Waals surface area contributed by atoms with Crippen LogP contribution in [0.5, 0.6) is 0 Å². The smallest absolute Gasteiger partial charge is 0.274 e. The van der Waals surface area contributed by atoms with Gasteiger partial charge in [-0.25, -0.2) is 5.14 Å². The standard InChI is InChI=1S/C10H12N2O3S/c11-16(14,15)12-8-10-5-3-9(4-6-10)2-1-7-13/h3-6,12-13H,7-8H2,(H2,11,14,15). The maximum atomic E-state index is 10.6. The number of aliphatic hydroxyl groups is 1. The quantitative estimate of drug-likeness (QED) is 0.611. The molecule has 0 aromatic heterocycles. The third-order valence-corrected chi connectivity index (χ3v) is 2.29. The summed E-state index contributed by atoms with van der Waals surface area (Å²) in [5.74, 6) is 5.24. The summed E-state index contributed by atoms with van der Waals surface area (Å²) in [6.45, 7) is -0.0404. The lowest BCUT2D eigenvalue weighted by molar-refractivity contribution is 0.350. The van der Waals surface area contributed by atoms with E-state index in [2.05, 4.69) is 16.6 Å². The Morgan fingerprint density at radius 1 is 1.31 bits per heavy atom. The lowest BCUT2D eigenvalue weighted by Gasteiger charge is -2.01.